The third kappa shape index (κ3) is 6.17. The summed E-state index contributed by atoms with van der Waals surface area (Å²) in [5, 5.41) is 9.25. The summed E-state index contributed by atoms with van der Waals surface area (Å²) in [6.45, 7) is 7.12. The Labute approximate surface area is 365 Å². The average molecular weight is 808 g/mol. The Hall–Kier alpha value is -6.81. The number of hydrogen-bond donors (Lipinski definition) is 0. The quantitative estimate of drug-likeness (QED) is 0.134. The highest BCUT2D eigenvalue weighted by molar-refractivity contribution is 6.10. The lowest BCUT2D eigenvalue weighted by Gasteiger charge is -2.38. The Bertz CT molecular complexity index is 3110. The van der Waals surface area contributed by atoms with Crippen molar-refractivity contribution in [2.45, 2.75) is 77.3 Å². The van der Waals surface area contributed by atoms with E-state index in [2.05, 4.69) is 205 Å². The van der Waals surface area contributed by atoms with Crippen LogP contribution in [0.1, 0.15) is 74.8 Å². The molecule has 0 saturated heterocycles. The van der Waals surface area contributed by atoms with Gasteiger partial charge in [0.05, 0.1) is 28.2 Å². The minimum atomic E-state index is -0.0586. The van der Waals surface area contributed by atoms with Crippen molar-refractivity contribution in [3.63, 3.8) is 0 Å². The Kier molecular flexibility index (Phi) is 9.58. The molecule has 3 aliphatic rings. The van der Waals surface area contributed by atoms with E-state index >= 15 is 0 Å². The largest absolute Gasteiger partial charge is 0.309 e. The van der Waals surface area contributed by atoms with Gasteiger partial charge in [0.2, 0.25) is 11.4 Å². The number of allylic oxidation sites excluding steroid dienone is 2. The first-order valence-corrected chi connectivity index (χ1v) is 22.7. The van der Waals surface area contributed by atoms with Crippen LogP contribution in [0.4, 0.5) is 5.69 Å². The fourth-order valence-electron chi connectivity index (χ4n) is 11.3. The van der Waals surface area contributed by atoms with Gasteiger partial charge < -0.3 is 4.57 Å². The maximum Gasteiger partial charge on any atom is 0.213 e. The molecule has 0 saturated carbocycles. The third-order valence-electron chi connectivity index (χ3n) is 14.4. The normalized spacial score (nSPS) is 17.3. The van der Waals surface area contributed by atoms with Crippen LogP contribution in [0, 0.1) is 5.92 Å². The van der Waals surface area contributed by atoms with E-state index in [4.69, 9.17) is 5.10 Å². The van der Waals surface area contributed by atoms with Gasteiger partial charge in [-0.1, -0.05) is 87.9 Å². The summed E-state index contributed by atoms with van der Waals surface area (Å²) >= 11 is 0. The number of benzene rings is 5. The summed E-state index contributed by atoms with van der Waals surface area (Å²) in [4.78, 5) is 0. The fraction of sp³-hybridized carbons (Fsp3) is 0.228. The smallest absolute Gasteiger partial charge is 0.213 e. The standard InChI is InChI=1S/C57H53N5/c1-4-7-17-40-24-28-47-44(34-40)36-51(57(5-2,6-3)60-33-16-14-22-53(47)60)56-37-42-25-27-46(38-49(42)52-21-13-15-32-59(52)56)61-39-43(30-31-58-61)41-26-29-55-50(35-41)48-20-11-12-23-54(48)62(55)45-18-9-8-10-19-45/h8-16,18-30,32-35,38-39,51,56H,4-7,17,36-37H2,1-3H3/q+2. The van der Waals surface area contributed by atoms with Crippen LogP contribution in [0.3, 0.4) is 0 Å². The van der Waals surface area contributed by atoms with Crippen molar-refractivity contribution < 1.29 is 9.13 Å². The van der Waals surface area contributed by atoms with E-state index in [1.54, 1.807) is 0 Å². The van der Waals surface area contributed by atoms with Crippen molar-refractivity contribution in [2.24, 2.45) is 11.0 Å². The van der Waals surface area contributed by atoms with Gasteiger partial charge in [0.25, 0.3) is 0 Å². The van der Waals surface area contributed by atoms with E-state index < -0.39 is 0 Å². The maximum absolute atomic E-state index is 4.78. The van der Waals surface area contributed by atoms with Gasteiger partial charge in [-0.25, -0.2) is 5.01 Å². The molecular weight excluding hydrogens is 755 g/mol. The van der Waals surface area contributed by atoms with E-state index in [-0.39, 0.29) is 11.6 Å². The molecule has 5 heteroatoms. The van der Waals surface area contributed by atoms with Gasteiger partial charge in [0, 0.05) is 89.3 Å². The summed E-state index contributed by atoms with van der Waals surface area (Å²) in [7, 11) is 0. The fourth-order valence-corrected chi connectivity index (χ4v) is 11.3. The van der Waals surface area contributed by atoms with Gasteiger partial charge in [-0.3, -0.25) is 0 Å². The van der Waals surface area contributed by atoms with Crippen LogP contribution in [0.5, 0.6) is 0 Å². The predicted molar refractivity (Wildman–Crippen MR) is 254 cm³/mol. The van der Waals surface area contributed by atoms with Gasteiger partial charge in [0.15, 0.2) is 24.0 Å². The van der Waals surface area contributed by atoms with Crippen molar-refractivity contribution in [1.29, 1.82) is 0 Å². The molecule has 0 bridgehead atoms. The van der Waals surface area contributed by atoms with E-state index in [1.807, 2.05) is 11.1 Å². The minimum Gasteiger partial charge on any atom is -0.309 e. The molecule has 304 valence electrons. The van der Waals surface area contributed by atoms with Crippen molar-refractivity contribution in [3.8, 4) is 28.2 Å². The molecule has 0 aliphatic carbocycles. The van der Waals surface area contributed by atoms with E-state index in [0.29, 0.717) is 5.92 Å². The van der Waals surface area contributed by atoms with Crippen LogP contribution in [0.25, 0.3) is 55.6 Å². The number of rotatable bonds is 9. The summed E-state index contributed by atoms with van der Waals surface area (Å²) in [5.41, 5.74) is 16.4. The third-order valence-corrected chi connectivity index (χ3v) is 14.4. The Morgan fingerprint density at radius 3 is 2.31 bits per heavy atom. The molecule has 11 rings (SSSR count). The second-order valence-corrected chi connectivity index (χ2v) is 17.5. The first-order chi connectivity index (χ1) is 30.6. The van der Waals surface area contributed by atoms with E-state index in [1.165, 1.54) is 73.9 Å². The minimum absolute atomic E-state index is 0.0586. The van der Waals surface area contributed by atoms with Gasteiger partial charge in [-0.05, 0) is 102 Å². The summed E-state index contributed by atoms with van der Waals surface area (Å²) in [5.74, 6) is 3.62. The molecule has 0 amide bonds. The van der Waals surface area contributed by atoms with Crippen molar-refractivity contribution in [3.05, 3.63) is 193 Å². The van der Waals surface area contributed by atoms with Gasteiger partial charge in [0.1, 0.15) is 0 Å². The van der Waals surface area contributed by atoms with Gasteiger partial charge >= 0.3 is 0 Å². The lowest BCUT2D eigenvalue weighted by atomic mass is 9.69. The molecule has 0 N–H and O–H groups in total. The number of fused-ring (bicyclic) bond motifs is 9. The van der Waals surface area contributed by atoms with Crippen molar-refractivity contribution in [1.82, 2.24) is 4.57 Å². The van der Waals surface area contributed by atoms with Crippen LogP contribution in [0.2, 0.25) is 0 Å². The SMILES string of the molecule is CCCCc1ccc2c(c1)CC(C1Cc3ccc(N4C=C(c5ccc6c(c5)c5ccccc5n6-c5ccccc5)C=C=N4)cc3-c3cccc[n+]31)C(CC)(CC)[n+]1ccccc1-2. The summed E-state index contributed by atoms with van der Waals surface area (Å²) in [6.07, 6.45) is 16.6. The number of unbranched alkanes of at least 4 members (excludes halogenated alkanes) is 1. The molecule has 62 heavy (non-hydrogen) atoms. The first kappa shape index (κ1) is 38.1. The number of hydrazone groups is 1. The van der Waals surface area contributed by atoms with Crippen LogP contribution >= 0.6 is 0 Å². The number of anilines is 1. The number of pyridine rings is 2. The Morgan fingerprint density at radius 1 is 0.661 bits per heavy atom. The molecule has 3 aliphatic heterocycles. The van der Waals surface area contributed by atoms with E-state index in [0.717, 1.165) is 54.6 Å². The number of nitrogens with zero attached hydrogens (tertiary/aromatic N) is 5. The van der Waals surface area contributed by atoms with E-state index in [9.17, 15) is 0 Å². The lowest BCUT2D eigenvalue weighted by molar-refractivity contribution is -0.790. The van der Waals surface area contributed by atoms with Crippen molar-refractivity contribution in [2.75, 3.05) is 5.01 Å². The molecule has 6 heterocycles. The zero-order valence-corrected chi connectivity index (χ0v) is 36.0. The molecule has 2 unspecified atom stereocenters. The Morgan fingerprint density at radius 2 is 1.45 bits per heavy atom. The predicted octanol–water partition coefficient (Wildman–Crippen LogP) is 12.5. The molecule has 3 aromatic heterocycles. The van der Waals surface area contributed by atoms with Crippen LogP contribution in [-0.2, 0) is 24.8 Å². The second-order valence-electron chi connectivity index (χ2n) is 17.5. The van der Waals surface area contributed by atoms with Gasteiger partial charge in [-0.15, -0.1) is 5.10 Å². The highest BCUT2D eigenvalue weighted by atomic mass is 15.4. The molecule has 5 nitrogen and oxygen atoms in total. The van der Waals surface area contributed by atoms with Gasteiger partial charge in [-0.2, -0.15) is 9.13 Å². The van der Waals surface area contributed by atoms with Crippen molar-refractivity contribution >= 4 is 38.9 Å². The lowest BCUT2D eigenvalue weighted by Crippen LogP contribution is -2.65. The van der Waals surface area contributed by atoms with Crippen LogP contribution in [-0.4, -0.2) is 10.4 Å². The molecule has 5 aromatic carbocycles. The monoisotopic (exact) mass is 807 g/mol. The zero-order chi connectivity index (χ0) is 41.8. The number of hydrogen-bond acceptors (Lipinski definition) is 2. The molecule has 8 aromatic rings. The summed E-state index contributed by atoms with van der Waals surface area (Å²) in [6, 6.07) is 54.3. The molecular formula is C57H53N5+2. The maximum atomic E-state index is 4.78. The highest BCUT2D eigenvalue weighted by Gasteiger charge is 2.55. The molecule has 0 fully saturated rings. The Balaban J connectivity index is 0.966. The topological polar surface area (TPSA) is 28.3 Å². The zero-order valence-electron chi connectivity index (χ0n) is 36.0. The van der Waals surface area contributed by atoms with Crippen LogP contribution < -0.4 is 14.1 Å². The number of aryl methyl sites for hydroxylation is 1. The van der Waals surface area contributed by atoms with Crippen LogP contribution in [0.15, 0.2) is 175 Å². The molecule has 0 radical (unpaired) electrons. The highest BCUT2D eigenvalue weighted by Crippen LogP contribution is 2.46. The first-order valence-electron chi connectivity index (χ1n) is 22.7. The number of aromatic nitrogens is 3. The molecule has 0 spiro atoms. The molecule has 2 atom stereocenters. The average Bonchev–Trinajstić information content (AvgIpc) is 3.61. The summed E-state index contributed by atoms with van der Waals surface area (Å²) < 4.78 is 7.65. The number of para-hydroxylation sites is 2. The second kappa shape index (κ2) is 15.6.